The Hall–Kier alpha value is -0.360. The first-order valence-corrected chi connectivity index (χ1v) is 4.75. The van der Waals surface area contributed by atoms with E-state index in [-0.39, 0.29) is 5.69 Å². The average molecular weight is 297 g/mol. The van der Waals surface area contributed by atoms with Gasteiger partial charge in [0.2, 0.25) is 0 Å². The van der Waals surface area contributed by atoms with E-state index in [1.165, 1.54) is 6.07 Å². The van der Waals surface area contributed by atoms with E-state index in [2.05, 4.69) is 0 Å². The zero-order valence-corrected chi connectivity index (χ0v) is 8.87. The van der Waals surface area contributed by atoms with Crippen LogP contribution in [0.25, 0.3) is 0 Å². The van der Waals surface area contributed by atoms with Crippen LogP contribution in [0.5, 0.6) is 0 Å². The zero-order valence-electron chi connectivity index (χ0n) is 5.96. The molecular formula is C7H5ClINO2. The van der Waals surface area contributed by atoms with Gasteiger partial charge in [-0.3, -0.25) is 10.1 Å². The smallest absolute Gasteiger partial charge is 0.258 e. The summed E-state index contributed by atoms with van der Waals surface area (Å²) in [7, 11) is 0. The predicted molar refractivity (Wildman–Crippen MR) is 55.4 cm³/mol. The Morgan fingerprint density at radius 2 is 2.25 bits per heavy atom. The van der Waals surface area contributed by atoms with Crippen LogP contribution in [0.15, 0.2) is 18.2 Å². The van der Waals surface area contributed by atoms with E-state index < -0.39 is 4.92 Å². The SMILES string of the molecule is O=[N+]([O-])c1cc(CCl)ccc1I. The van der Waals surface area contributed by atoms with E-state index in [0.29, 0.717) is 9.45 Å². The molecule has 1 aromatic rings. The number of hydrogen-bond acceptors (Lipinski definition) is 2. The number of nitro benzene ring substituents is 1. The predicted octanol–water partition coefficient (Wildman–Crippen LogP) is 2.94. The molecule has 3 nitrogen and oxygen atoms in total. The number of alkyl halides is 1. The number of hydrogen-bond donors (Lipinski definition) is 0. The molecule has 0 aromatic heterocycles. The van der Waals surface area contributed by atoms with Crippen LogP contribution in [0.4, 0.5) is 5.69 Å². The molecule has 0 aliphatic carbocycles. The summed E-state index contributed by atoms with van der Waals surface area (Å²) in [5.74, 6) is 0.303. The lowest BCUT2D eigenvalue weighted by Gasteiger charge is -1.97. The topological polar surface area (TPSA) is 43.1 Å². The van der Waals surface area contributed by atoms with Gasteiger partial charge in [-0.25, -0.2) is 0 Å². The van der Waals surface area contributed by atoms with Crippen molar-refractivity contribution in [3.63, 3.8) is 0 Å². The summed E-state index contributed by atoms with van der Waals surface area (Å²) in [5, 5.41) is 10.4. The normalized spacial score (nSPS) is 9.83. The molecule has 1 aromatic carbocycles. The molecule has 64 valence electrons. The molecule has 0 N–H and O–H groups in total. The Bertz CT molecular complexity index is 316. The first kappa shape index (κ1) is 9.73. The van der Waals surface area contributed by atoms with E-state index in [4.69, 9.17) is 11.6 Å². The molecule has 1 rings (SSSR count). The molecular weight excluding hydrogens is 292 g/mol. The third-order valence-electron chi connectivity index (χ3n) is 1.36. The Morgan fingerprint density at radius 1 is 1.58 bits per heavy atom. The average Bonchev–Trinajstić information content (AvgIpc) is 2.05. The lowest BCUT2D eigenvalue weighted by molar-refractivity contribution is -0.385. The fourth-order valence-electron chi connectivity index (χ4n) is 0.781. The lowest BCUT2D eigenvalue weighted by atomic mass is 10.2. The quantitative estimate of drug-likeness (QED) is 0.364. The van der Waals surface area contributed by atoms with Crippen molar-refractivity contribution < 1.29 is 4.92 Å². The van der Waals surface area contributed by atoms with Gasteiger partial charge < -0.3 is 0 Å². The van der Waals surface area contributed by atoms with Gasteiger partial charge in [0.1, 0.15) is 0 Å². The van der Waals surface area contributed by atoms with Crippen molar-refractivity contribution >= 4 is 39.9 Å². The Labute approximate surface area is 88.0 Å². The molecule has 0 amide bonds. The van der Waals surface area contributed by atoms with Gasteiger partial charge in [-0.15, -0.1) is 11.6 Å². The van der Waals surface area contributed by atoms with Crippen molar-refractivity contribution in [3.8, 4) is 0 Å². The first-order chi connectivity index (χ1) is 5.65. The van der Waals surface area contributed by atoms with Crippen molar-refractivity contribution in [2.45, 2.75) is 5.88 Å². The molecule has 0 heterocycles. The van der Waals surface area contributed by atoms with Gasteiger partial charge in [0.05, 0.1) is 8.49 Å². The van der Waals surface area contributed by atoms with E-state index in [1.807, 2.05) is 22.6 Å². The van der Waals surface area contributed by atoms with Crippen LogP contribution in [0.2, 0.25) is 0 Å². The second kappa shape index (κ2) is 4.04. The van der Waals surface area contributed by atoms with Crippen LogP contribution in [0, 0.1) is 13.7 Å². The number of benzene rings is 1. The van der Waals surface area contributed by atoms with Crippen LogP contribution in [-0.4, -0.2) is 4.92 Å². The molecule has 0 aliphatic heterocycles. The van der Waals surface area contributed by atoms with Gasteiger partial charge in [0, 0.05) is 11.9 Å². The standard InChI is InChI=1S/C7H5ClINO2/c8-4-5-1-2-6(9)7(3-5)10(11)12/h1-3H,4H2. The summed E-state index contributed by atoms with van der Waals surface area (Å²) >= 11 is 7.45. The molecule has 0 saturated carbocycles. The highest BCUT2D eigenvalue weighted by Gasteiger charge is 2.11. The van der Waals surface area contributed by atoms with E-state index in [9.17, 15) is 10.1 Å². The van der Waals surface area contributed by atoms with Gasteiger partial charge in [0.25, 0.3) is 5.69 Å². The maximum Gasteiger partial charge on any atom is 0.282 e. The summed E-state index contributed by atoms with van der Waals surface area (Å²) in [4.78, 5) is 10.0. The minimum atomic E-state index is -0.405. The molecule has 0 fully saturated rings. The highest BCUT2D eigenvalue weighted by molar-refractivity contribution is 14.1. The Kier molecular flexibility index (Phi) is 3.28. The van der Waals surface area contributed by atoms with E-state index >= 15 is 0 Å². The fraction of sp³-hybridized carbons (Fsp3) is 0.143. The molecule has 0 spiro atoms. The van der Waals surface area contributed by atoms with Crippen molar-refractivity contribution in [2.24, 2.45) is 0 Å². The van der Waals surface area contributed by atoms with E-state index in [1.54, 1.807) is 12.1 Å². The molecule has 0 radical (unpaired) electrons. The van der Waals surface area contributed by atoms with Gasteiger partial charge in [-0.05, 0) is 34.2 Å². The largest absolute Gasteiger partial charge is 0.282 e. The number of nitrogens with zero attached hydrogens (tertiary/aromatic N) is 1. The maximum absolute atomic E-state index is 10.4. The molecule has 5 heteroatoms. The van der Waals surface area contributed by atoms with Crippen LogP contribution in [-0.2, 0) is 5.88 Å². The number of nitro groups is 1. The van der Waals surface area contributed by atoms with Gasteiger partial charge in [0.15, 0.2) is 0 Å². The second-order valence-electron chi connectivity index (χ2n) is 2.18. The highest BCUT2D eigenvalue weighted by atomic mass is 127. The Balaban J connectivity index is 3.17. The summed E-state index contributed by atoms with van der Waals surface area (Å²) < 4.78 is 0.631. The minimum absolute atomic E-state index is 0.119. The third kappa shape index (κ3) is 2.07. The summed E-state index contributed by atoms with van der Waals surface area (Å²) in [6, 6.07) is 4.97. The minimum Gasteiger partial charge on any atom is -0.258 e. The van der Waals surface area contributed by atoms with Gasteiger partial charge in [-0.1, -0.05) is 6.07 Å². The molecule has 0 bridgehead atoms. The first-order valence-electron chi connectivity index (χ1n) is 3.14. The molecule has 12 heavy (non-hydrogen) atoms. The summed E-state index contributed by atoms with van der Waals surface area (Å²) in [6.45, 7) is 0. The highest BCUT2D eigenvalue weighted by Crippen LogP contribution is 2.22. The summed E-state index contributed by atoms with van der Waals surface area (Å²) in [5.41, 5.74) is 0.887. The number of halogens is 2. The Morgan fingerprint density at radius 3 is 2.75 bits per heavy atom. The van der Waals surface area contributed by atoms with Crippen molar-refractivity contribution in [3.05, 3.63) is 37.4 Å². The monoisotopic (exact) mass is 297 g/mol. The van der Waals surface area contributed by atoms with Gasteiger partial charge in [-0.2, -0.15) is 0 Å². The maximum atomic E-state index is 10.4. The van der Waals surface area contributed by atoms with Crippen LogP contribution < -0.4 is 0 Å². The molecule has 0 aliphatic rings. The molecule has 0 unspecified atom stereocenters. The van der Waals surface area contributed by atoms with Crippen LogP contribution in [0.3, 0.4) is 0 Å². The molecule has 0 saturated heterocycles. The third-order valence-corrected chi connectivity index (χ3v) is 2.58. The molecule has 0 atom stereocenters. The van der Waals surface area contributed by atoms with Crippen molar-refractivity contribution in [1.82, 2.24) is 0 Å². The van der Waals surface area contributed by atoms with Crippen LogP contribution in [0.1, 0.15) is 5.56 Å². The van der Waals surface area contributed by atoms with Crippen molar-refractivity contribution in [1.29, 1.82) is 0 Å². The van der Waals surface area contributed by atoms with Gasteiger partial charge >= 0.3 is 0 Å². The number of rotatable bonds is 2. The van der Waals surface area contributed by atoms with Crippen molar-refractivity contribution in [2.75, 3.05) is 0 Å². The summed E-state index contributed by atoms with van der Waals surface area (Å²) in [6.07, 6.45) is 0. The van der Waals surface area contributed by atoms with Crippen LogP contribution >= 0.6 is 34.2 Å². The zero-order chi connectivity index (χ0) is 9.14. The fourth-order valence-corrected chi connectivity index (χ4v) is 1.48. The lowest BCUT2D eigenvalue weighted by Crippen LogP contribution is -1.92. The van der Waals surface area contributed by atoms with E-state index in [0.717, 1.165) is 5.56 Å². The second-order valence-corrected chi connectivity index (χ2v) is 3.61.